The summed E-state index contributed by atoms with van der Waals surface area (Å²) in [5, 5.41) is 2.96. The van der Waals surface area contributed by atoms with Crippen molar-refractivity contribution in [3.05, 3.63) is 35.9 Å². The minimum Gasteiger partial charge on any atom is -0.375 e. The van der Waals surface area contributed by atoms with Crippen LogP contribution in [0.1, 0.15) is 32.4 Å². The molecule has 0 aliphatic heterocycles. The Morgan fingerprint density at radius 1 is 1.30 bits per heavy atom. The third-order valence-electron chi connectivity index (χ3n) is 2.86. The van der Waals surface area contributed by atoms with Crippen LogP contribution >= 0.6 is 0 Å². The van der Waals surface area contributed by atoms with Crippen LogP contribution in [-0.4, -0.2) is 43.6 Å². The van der Waals surface area contributed by atoms with Gasteiger partial charge in [0.2, 0.25) is 5.91 Å². The number of carbonyl (C=O) groups is 1. The molecule has 1 rings (SSSR count). The molecule has 0 saturated heterocycles. The number of rotatable bonds is 6. The van der Waals surface area contributed by atoms with E-state index in [2.05, 4.69) is 5.32 Å². The van der Waals surface area contributed by atoms with Crippen molar-refractivity contribution in [2.24, 2.45) is 0 Å². The van der Waals surface area contributed by atoms with Crippen molar-refractivity contribution in [2.75, 3.05) is 27.2 Å². The lowest BCUT2D eigenvalue weighted by atomic mass is 10.1. The smallest absolute Gasteiger partial charge is 0.234 e. The van der Waals surface area contributed by atoms with Gasteiger partial charge >= 0.3 is 0 Å². The minimum atomic E-state index is -0.196. The summed E-state index contributed by atoms with van der Waals surface area (Å²) >= 11 is 0. The number of methoxy groups -OCH3 is 1. The Hall–Kier alpha value is -1.39. The van der Waals surface area contributed by atoms with Gasteiger partial charge in [0.25, 0.3) is 0 Å². The highest BCUT2D eigenvalue weighted by Gasteiger charge is 2.18. The summed E-state index contributed by atoms with van der Waals surface area (Å²) in [5.74, 6) is 0.0305. The minimum absolute atomic E-state index is 0.0244. The zero-order valence-electron chi connectivity index (χ0n) is 13.1. The van der Waals surface area contributed by atoms with Crippen molar-refractivity contribution in [2.45, 2.75) is 32.4 Å². The molecule has 20 heavy (non-hydrogen) atoms. The highest BCUT2D eigenvalue weighted by atomic mass is 16.5. The van der Waals surface area contributed by atoms with Gasteiger partial charge in [0.05, 0.1) is 12.6 Å². The first-order chi connectivity index (χ1) is 9.31. The number of amides is 1. The lowest BCUT2D eigenvalue weighted by Gasteiger charge is -2.25. The predicted molar refractivity (Wildman–Crippen MR) is 81.6 cm³/mol. The Kier molecular flexibility index (Phi) is 6.17. The van der Waals surface area contributed by atoms with Crippen LogP contribution < -0.4 is 5.32 Å². The molecule has 1 aromatic rings. The van der Waals surface area contributed by atoms with E-state index >= 15 is 0 Å². The second-order valence-corrected chi connectivity index (χ2v) is 6.13. The molecule has 0 spiro atoms. The molecule has 1 amide bonds. The summed E-state index contributed by atoms with van der Waals surface area (Å²) in [4.78, 5) is 13.9. The van der Waals surface area contributed by atoms with Gasteiger partial charge in [-0.05, 0) is 33.4 Å². The van der Waals surface area contributed by atoms with Crippen LogP contribution in [0.3, 0.4) is 0 Å². The molecule has 0 fully saturated rings. The summed E-state index contributed by atoms with van der Waals surface area (Å²) in [7, 11) is 3.62. The zero-order valence-corrected chi connectivity index (χ0v) is 13.1. The molecule has 0 aliphatic carbocycles. The van der Waals surface area contributed by atoms with Crippen LogP contribution in [0.5, 0.6) is 0 Å². The van der Waals surface area contributed by atoms with Gasteiger partial charge in [-0.1, -0.05) is 30.3 Å². The van der Waals surface area contributed by atoms with Gasteiger partial charge in [-0.15, -0.1) is 0 Å². The maximum Gasteiger partial charge on any atom is 0.234 e. The van der Waals surface area contributed by atoms with Crippen molar-refractivity contribution < 1.29 is 9.53 Å². The van der Waals surface area contributed by atoms with Gasteiger partial charge in [0.15, 0.2) is 0 Å². The number of nitrogens with one attached hydrogen (secondary N) is 1. The van der Waals surface area contributed by atoms with Gasteiger partial charge in [0, 0.05) is 19.2 Å². The lowest BCUT2D eigenvalue weighted by Crippen LogP contribution is -2.45. The Balaban J connectivity index is 2.52. The maximum atomic E-state index is 11.9. The average Bonchev–Trinajstić information content (AvgIpc) is 2.34. The Bertz CT molecular complexity index is 412. The van der Waals surface area contributed by atoms with E-state index in [0.29, 0.717) is 13.1 Å². The van der Waals surface area contributed by atoms with Crippen molar-refractivity contribution in [1.82, 2.24) is 10.2 Å². The van der Waals surface area contributed by atoms with Gasteiger partial charge in [-0.3, -0.25) is 9.69 Å². The normalized spacial score (nSPS) is 13.3. The van der Waals surface area contributed by atoms with E-state index in [-0.39, 0.29) is 17.6 Å². The van der Waals surface area contributed by atoms with Crippen LogP contribution in [0.2, 0.25) is 0 Å². The SMILES string of the molecule is COC(CN(C)CC(=O)NC(C)(C)C)c1ccccc1. The van der Waals surface area contributed by atoms with Gasteiger partial charge in [-0.25, -0.2) is 0 Å². The molecule has 0 heterocycles. The van der Waals surface area contributed by atoms with Crippen molar-refractivity contribution in [1.29, 1.82) is 0 Å². The fourth-order valence-corrected chi connectivity index (χ4v) is 2.03. The molecule has 4 heteroatoms. The number of nitrogens with zero attached hydrogens (tertiary/aromatic N) is 1. The Morgan fingerprint density at radius 2 is 1.90 bits per heavy atom. The molecule has 0 saturated carbocycles. The molecule has 1 aromatic carbocycles. The molecular weight excluding hydrogens is 252 g/mol. The topological polar surface area (TPSA) is 41.6 Å². The number of benzene rings is 1. The molecule has 1 unspecified atom stereocenters. The molecular formula is C16H26N2O2. The maximum absolute atomic E-state index is 11.9. The van der Waals surface area contributed by atoms with Crippen LogP contribution in [0, 0.1) is 0 Å². The number of ether oxygens (including phenoxy) is 1. The van der Waals surface area contributed by atoms with E-state index in [0.717, 1.165) is 5.56 Å². The van der Waals surface area contributed by atoms with Gasteiger partial charge in [-0.2, -0.15) is 0 Å². The van der Waals surface area contributed by atoms with E-state index in [9.17, 15) is 4.79 Å². The summed E-state index contributed by atoms with van der Waals surface area (Å²) < 4.78 is 5.52. The first-order valence-corrected chi connectivity index (χ1v) is 6.89. The highest BCUT2D eigenvalue weighted by Crippen LogP contribution is 2.16. The second-order valence-electron chi connectivity index (χ2n) is 6.13. The third kappa shape index (κ3) is 6.17. The largest absolute Gasteiger partial charge is 0.375 e. The fourth-order valence-electron chi connectivity index (χ4n) is 2.03. The molecule has 0 bridgehead atoms. The van der Waals surface area contributed by atoms with Crippen LogP contribution in [0.4, 0.5) is 0 Å². The fraction of sp³-hybridized carbons (Fsp3) is 0.562. The van der Waals surface area contributed by atoms with E-state index in [1.807, 2.05) is 63.1 Å². The summed E-state index contributed by atoms with van der Waals surface area (Å²) in [6, 6.07) is 10.0. The van der Waals surface area contributed by atoms with E-state index in [1.54, 1.807) is 7.11 Å². The average molecular weight is 278 g/mol. The third-order valence-corrected chi connectivity index (χ3v) is 2.86. The highest BCUT2D eigenvalue weighted by molar-refractivity contribution is 5.78. The Labute approximate surface area is 122 Å². The number of likely N-dealkylation sites (N-methyl/N-ethyl adjacent to an activating group) is 1. The van der Waals surface area contributed by atoms with Crippen molar-refractivity contribution in [3.8, 4) is 0 Å². The predicted octanol–water partition coefficient (Wildman–Crippen LogP) is 2.22. The first kappa shape index (κ1) is 16.7. The molecule has 112 valence electrons. The van der Waals surface area contributed by atoms with E-state index < -0.39 is 0 Å². The summed E-state index contributed by atoms with van der Waals surface area (Å²) in [5.41, 5.74) is 0.927. The van der Waals surface area contributed by atoms with Crippen LogP contribution in [0.25, 0.3) is 0 Å². The van der Waals surface area contributed by atoms with Crippen molar-refractivity contribution >= 4 is 5.91 Å². The number of carbonyl (C=O) groups excluding carboxylic acids is 1. The van der Waals surface area contributed by atoms with Gasteiger partial charge < -0.3 is 10.1 Å². The number of hydrogen-bond donors (Lipinski definition) is 1. The Morgan fingerprint density at radius 3 is 2.40 bits per heavy atom. The van der Waals surface area contributed by atoms with Gasteiger partial charge in [0.1, 0.15) is 0 Å². The zero-order chi connectivity index (χ0) is 15.2. The lowest BCUT2D eigenvalue weighted by molar-refractivity contribution is -0.123. The molecule has 0 aliphatic rings. The molecule has 1 atom stereocenters. The van der Waals surface area contributed by atoms with Crippen LogP contribution in [0.15, 0.2) is 30.3 Å². The summed E-state index contributed by atoms with van der Waals surface area (Å²) in [6.07, 6.45) is -0.0244. The standard InChI is InChI=1S/C16H26N2O2/c1-16(2,3)17-15(19)12-18(4)11-14(20-5)13-9-7-6-8-10-13/h6-10,14H,11-12H2,1-5H3,(H,17,19). The van der Waals surface area contributed by atoms with Crippen LogP contribution in [-0.2, 0) is 9.53 Å². The number of hydrogen-bond acceptors (Lipinski definition) is 3. The first-order valence-electron chi connectivity index (χ1n) is 6.89. The summed E-state index contributed by atoms with van der Waals surface area (Å²) in [6.45, 7) is 6.98. The molecule has 4 nitrogen and oxygen atoms in total. The quantitative estimate of drug-likeness (QED) is 0.867. The van der Waals surface area contributed by atoms with E-state index in [1.165, 1.54) is 0 Å². The molecule has 0 radical (unpaired) electrons. The second kappa shape index (κ2) is 7.41. The molecule has 0 aromatic heterocycles. The monoisotopic (exact) mass is 278 g/mol. The molecule has 1 N–H and O–H groups in total. The van der Waals surface area contributed by atoms with Crippen molar-refractivity contribution in [3.63, 3.8) is 0 Å². The van der Waals surface area contributed by atoms with E-state index in [4.69, 9.17) is 4.74 Å².